The van der Waals surface area contributed by atoms with E-state index in [0.717, 1.165) is 43.0 Å². The lowest BCUT2D eigenvalue weighted by molar-refractivity contribution is 0.311. The number of hydrogen-bond acceptors (Lipinski definition) is 6. The van der Waals surface area contributed by atoms with E-state index in [1.807, 2.05) is 24.5 Å². The number of nitrogens with zero attached hydrogens (tertiary/aromatic N) is 5. The van der Waals surface area contributed by atoms with Gasteiger partial charge in [-0.05, 0) is 25.7 Å². The minimum atomic E-state index is 0.768. The van der Waals surface area contributed by atoms with Crippen LogP contribution in [0.2, 0.25) is 0 Å². The van der Waals surface area contributed by atoms with Crippen molar-refractivity contribution in [2.75, 3.05) is 31.1 Å². The van der Waals surface area contributed by atoms with Gasteiger partial charge in [0.2, 0.25) is 0 Å². The van der Waals surface area contributed by atoms with Crippen LogP contribution in [0, 0.1) is 25.7 Å². The van der Waals surface area contributed by atoms with Crippen molar-refractivity contribution in [2.45, 2.75) is 20.4 Å². The van der Waals surface area contributed by atoms with Crippen LogP contribution >= 0.6 is 11.3 Å². The summed E-state index contributed by atoms with van der Waals surface area (Å²) < 4.78 is 0. The van der Waals surface area contributed by atoms with Gasteiger partial charge in [0.05, 0.1) is 5.01 Å². The lowest BCUT2D eigenvalue weighted by Gasteiger charge is -2.21. The largest absolute Gasteiger partial charge is 0.356 e. The minimum Gasteiger partial charge on any atom is -0.356 e. The molecule has 0 bridgehead atoms. The molecule has 4 rings (SSSR count). The molecule has 6 heteroatoms. The Hall–Kier alpha value is -1.53. The lowest BCUT2D eigenvalue weighted by Crippen LogP contribution is -2.29. The quantitative estimate of drug-likeness (QED) is 0.868. The molecule has 0 aromatic carbocycles. The van der Waals surface area contributed by atoms with Gasteiger partial charge in [0.25, 0.3) is 0 Å². The molecule has 5 nitrogen and oxygen atoms in total. The summed E-state index contributed by atoms with van der Waals surface area (Å²) in [7, 11) is 0. The van der Waals surface area contributed by atoms with Gasteiger partial charge in [0.1, 0.15) is 12.1 Å². The topological polar surface area (TPSA) is 45.2 Å². The molecule has 0 aliphatic carbocycles. The molecule has 2 atom stereocenters. The maximum absolute atomic E-state index is 4.43. The van der Waals surface area contributed by atoms with E-state index in [4.69, 9.17) is 0 Å². The van der Waals surface area contributed by atoms with Gasteiger partial charge in [-0.1, -0.05) is 0 Å². The van der Waals surface area contributed by atoms with Crippen LogP contribution in [0.3, 0.4) is 0 Å². The zero-order valence-electron chi connectivity index (χ0n) is 13.1. The van der Waals surface area contributed by atoms with E-state index >= 15 is 0 Å². The maximum atomic E-state index is 4.43. The standard InChI is InChI=1S/C16H21N5S/c1-11-3-16(19-10-18-11)21-7-13-5-20(6-14(13)8-21)9-15-4-17-12(2)22-15/h3-4,10,13-14H,5-9H2,1-2H3. The highest BCUT2D eigenvalue weighted by molar-refractivity contribution is 7.11. The fourth-order valence-corrected chi connectivity index (χ4v) is 4.56. The lowest BCUT2D eigenvalue weighted by atomic mass is 10.0. The Balaban J connectivity index is 1.38. The van der Waals surface area contributed by atoms with Crippen molar-refractivity contribution < 1.29 is 0 Å². The van der Waals surface area contributed by atoms with E-state index in [9.17, 15) is 0 Å². The first kappa shape index (κ1) is 14.1. The number of likely N-dealkylation sites (tertiary alicyclic amines) is 1. The van der Waals surface area contributed by atoms with Crippen molar-refractivity contribution in [3.63, 3.8) is 0 Å². The molecule has 2 saturated heterocycles. The maximum Gasteiger partial charge on any atom is 0.132 e. The Morgan fingerprint density at radius 1 is 1.09 bits per heavy atom. The Bertz CT molecular complexity index is 656. The van der Waals surface area contributed by atoms with Crippen molar-refractivity contribution in [3.05, 3.63) is 34.2 Å². The number of rotatable bonds is 3. The zero-order valence-corrected chi connectivity index (χ0v) is 13.9. The first-order valence-electron chi connectivity index (χ1n) is 7.84. The number of thiazole rings is 1. The monoisotopic (exact) mass is 315 g/mol. The molecule has 0 saturated carbocycles. The van der Waals surface area contributed by atoms with Gasteiger partial charge in [-0.3, -0.25) is 4.90 Å². The number of hydrogen-bond donors (Lipinski definition) is 0. The molecule has 2 aromatic heterocycles. The third-order valence-corrected chi connectivity index (χ3v) is 5.62. The SMILES string of the molecule is Cc1cc(N2CC3CN(Cc4cnc(C)s4)CC3C2)ncn1. The third kappa shape index (κ3) is 2.73. The summed E-state index contributed by atoms with van der Waals surface area (Å²) in [5.74, 6) is 2.63. The summed E-state index contributed by atoms with van der Waals surface area (Å²) in [4.78, 5) is 19.4. The van der Waals surface area contributed by atoms with Crippen molar-refractivity contribution >= 4 is 17.2 Å². The highest BCUT2D eigenvalue weighted by Gasteiger charge is 2.40. The van der Waals surface area contributed by atoms with Crippen LogP contribution in [0.5, 0.6) is 0 Å². The van der Waals surface area contributed by atoms with E-state index in [0.29, 0.717) is 0 Å². The smallest absolute Gasteiger partial charge is 0.132 e. The molecule has 0 N–H and O–H groups in total. The van der Waals surface area contributed by atoms with Gasteiger partial charge in [-0.15, -0.1) is 11.3 Å². The molecule has 22 heavy (non-hydrogen) atoms. The van der Waals surface area contributed by atoms with Crippen LogP contribution in [0.25, 0.3) is 0 Å². The Labute approximate surface area is 135 Å². The van der Waals surface area contributed by atoms with Crippen molar-refractivity contribution in [1.82, 2.24) is 19.9 Å². The summed E-state index contributed by atoms with van der Waals surface area (Å²) in [5, 5.41) is 1.17. The summed E-state index contributed by atoms with van der Waals surface area (Å²) in [6.07, 6.45) is 3.71. The first-order chi connectivity index (χ1) is 10.7. The fourth-order valence-electron chi connectivity index (χ4n) is 3.72. The van der Waals surface area contributed by atoms with Crippen LogP contribution in [-0.4, -0.2) is 46.0 Å². The first-order valence-corrected chi connectivity index (χ1v) is 8.66. The van der Waals surface area contributed by atoms with Crippen molar-refractivity contribution in [3.8, 4) is 0 Å². The van der Waals surface area contributed by atoms with Gasteiger partial charge < -0.3 is 4.90 Å². The van der Waals surface area contributed by atoms with E-state index in [2.05, 4.69) is 37.7 Å². The molecule has 2 aliphatic rings. The molecule has 2 aromatic rings. The number of aromatic nitrogens is 3. The van der Waals surface area contributed by atoms with Crippen molar-refractivity contribution in [2.24, 2.45) is 11.8 Å². The summed E-state index contributed by atoms with van der Waals surface area (Å²) in [6.45, 7) is 9.81. The van der Waals surface area contributed by atoms with Crippen LogP contribution in [0.15, 0.2) is 18.6 Å². The molecule has 116 valence electrons. The van der Waals surface area contributed by atoms with E-state index < -0.39 is 0 Å². The normalized spacial score (nSPS) is 24.9. The second-order valence-electron chi connectivity index (χ2n) is 6.48. The highest BCUT2D eigenvalue weighted by Crippen LogP contribution is 2.34. The van der Waals surface area contributed by atoms with Crippen LogP contribution in [-0.2, 0) is 6.54 Å². The highest BCUT2D eigenvalue weighted by atomic mass is 32.1. The summed E-state index contributed by atoms with van der Waals surface area (Å²) in [5.41, 5.74) is 1.05. The second-order valence-corrected chi connectivity index (χ2v) is 7.80. The van der Waals surface area contributed by atoms with Gasteiger partial charge in [0, 0.05) is 55.6 Å². The van der Waals surface area contributed by atoms with Crippen LogP contribution in [0.1, 0.15) is 15.6 Å². The van der Waals surface area contributed by atoms with E-state index in [-0.39, 0.29) is 0 Å². The molecule has 0 radical (unpaired) electrons. The number of aryl methyl sites for hydroxylation is 2. The molecule has 4 heterocycles. The van der Waals surface area contributed by atoms with Gasteiger partial charge >= 0.3 is 0 Å². The van der Waals surface area contributed by atoms with Crippen molar-refractivity contribution in [1.29, 1.82) is 0 Å². The second kappa shape index (κ2) is 5.59. The minimum absolute atomic E-state index is 0.768. The molecule has 2 fully saturated rings. The molecule has 0 amide bonds. The van der Waals surface area contributed by atoms with Crippen LogP contribution < -0.4 is 4.90 Å². The summed E-state index contributed by atoms with van der Waals surface area (Å²) >= 11 is 1.82. The van der Waals surface area contributed by atoms with Gasteiger partial charge in [-0.25, -0.2) is 15.0 Å². The number of fused-ring (bicyclic) bond motifs is 1. The fraction of sp³-hybridized carbons (Fsp3) is 0.562. The average molecular weight is 315 g/mol. The van der Waals surface area contributed by atoms with Gasteiger partial charge in [0.15, 0.2) is 0 Å². The molecular formula is C16H21N5S. The third-order valence-electron chi connectivity index (χ3n) is 4.72. The predicted molar refractivity (Wildman–Crippen MR) is 88.1 cm³/mol. The molecular weight excluding hydrogens is 294 g/mol. The van der Waals surface area contributed by atoms with E-state index in [1.54, 1.807) is 6.33 Å². The van der Waals surface area contributed by atoms with Crippen LogP contribution in [0.4, 0.5) is 5.82 Å². The van der Waals surface area contributed by atoms with Gasteiger partial charge in [-0.2, -0.15) is 0 Å². The molecule has 2 unspecified atom stereocenters. The summed E-state index contributed by atoms with van der Waals surface area (Å²) in [6, 6.07) is 2.10. The average Bonchev–Trinajstić information content (AvgIpc) is 3.14. The molecule has 2 aliphatic heterocycles. The number of anilines is 1. The Morgan fingerprint density at radius 2 is 1.86 bits per heavy atom. The Morgan fingerprint density at radius 3 is 2.50 bits per heavy atom. The Kier molecular flexibility index (Phi) is 3.58. The zero-order chi connectivity index (χ0) is 15.1. The van der Waals surface area contributed by atoms with E-state index in [1.165, 1.54) is 23.0 Å². The predicted octanol–water partition coefficient (Wildman–Crippen LogP) is 2.12. The molecule has 0 spiro atoms.